The minimum Gasteiger partial charge on any atom is -0.381 e. The van der Waals surface area contributed by atoms with E-state index in [1.54, 1.807) is 12.4 Å². The highest BCUT2D eigenvalue weighted by Gasteiger charge is 2.27. The number of hydrogen-bond donors (Lipinski definition) is 3. The van der Waals surface area contributed by atoms with Crippen LogP contribution in [-0.2, 0) is 11.3 Å². The summed E-state index contributed by atoms with van der Waals surface area (Å²) >= 11 is 0. The Morgan fingerprint density at radius 2 is 1.89 bits per heavy atom. The van der Waals surface area contributed by atoms with Gasteiger partial charge in [0.1, 0.15) is 0 Å². The third kappa shape index (κ3) is 5.16. The van der Waals surface area contributed by atoms with Crippen LogP contribution in [0.3, 0.4) is 0 Å². The number of carbonyl (C=O) groups excluding carboxylic acids is 2. The van der Waals surface area contributed by atoms with Crippen molar-refractivity contribution in [3.05, 3.63) is 52.8 Å². The van der Waals surface area contributed by atoms with Gasteiger partial charge in [-0.2, -0.15) is 5.10 Å². The first kappa shape index (κ1) is 24.7. The molecule has 35 heavy (non-hydrogen) atoms. The maximum absolute atomic E-state index is 13.6. The fourth-order valence-electron chi connectivity index (χ4n) is 5.16. The lowest BCUT2D eigenvalue weighted by Crippen LogP contribution is -2.34. The van der Waals surface area contributed by atoms with Gasteiger partial charge < -0.3 is 16.4 Å². The number of primary amides is 1. The largest absolute Gasteiger partial charge is 0.381 e. The highest BCUT2D eigenvalue weighted by atomic mass is 16.2. The number of hydrogen-bond acceptors (Lipinski definition) is 5. The van der Waals surface area contributed by atoms with E-state index in [1.165, 1.54) is 11.1 Å². The molecule has 1 atom stereocenters. The van der Waals surface area contributed by atoms with Crippen molar-refractivity contribution in [3.63, 3.8) is 0 Å². The van der Waals surface area contributed by atoms with Gasteiger partial charge in [-0.05, 0) is 64.0 Å². The molecule has 0 aliphatic heterocycles. The molecule has 4 rings (SSSR count). The van der Waals surface area contributed by atoms with Gasteiger partial charge >= 0.3 is 0 Å². The molecule has 0 saturated heterocycles. The van der Waals surface area contributed by atoms with Gasteiger partial charge in [0, 0.05) is 24.7 Å². The van der Waals surface area contributed by atoms with Gasteiger partial charge in [0.05, 0.1) is 28.9 Å². The van der Waals surface area contributed by atoms with Crippen LogP contribution in [0.25, 0.3) is 11.0 Å². The predicted molar refractivity (Wildman–Crippen MR) is 138 cm³/mol. The Morgan fingerprint density at radius 1 is 1.14 bits per heavy atom. The summed E-state index contributed by atoms with van der Waals surface area (Å²) in [5.74, 6) is -0.459. The second kappa shape index (κ2) is 10.5. The molecule has 2 aromatic heterocycles. The molecular formula is C27H36N6O2. The molecule has 186 valence electrons. The average molecular weight is 477 g/mol. The molecule has 8 nitrogen and oxygen atoms in total. The van der Waals surface area contributed by atoms with Gasteiger partial charge in [0.15, 0.2) is 5.65 Å². The van der Waals surface area contributed by atoms with Gasteiger partial charge in [0.2, 0.25) is 5.91 Å². The van der Waals surface area contributed by atoms with Gasteiger partial charge in [0.25, 0.3) is 5.91 Å². The number of nitrogens with one attached hydrogen (secondary N) is 2. The summed E-state index contributed by atoms with van der Waals surface area (Å²) in [6, 6.07) is 6.37. The lowest BCUT2D eigenvalue weighted by atomic mass is 9.85. The number of aromatic nitrogens is 3. The molecule has 2 heterocycles. The van der Waals surface area contributed by atoms with Crippen LogP contribution in [0.4, 0.5) is 5.69 Å². The Bertz CT molecular complexity index is 1230. The van der Waals surface area contributed by atoms with Crippen LogP contribution in [0, 0.1) is 19.8 Å². The third-order valence-electron chi connectivity index (χ3n) is 7.20. The zero-order valence-electron chi connectivity index (χ0n) is 21.1. The van der Waals surface area contributed by atoms with Crippen molar-refractivity contribution in [2.45, 2.75) is 78.4 Å². The topological polar surface area (TPSA) is 115 Å². The summed E-state index contributed by atoms with van der Waals surface area (Å²) in [5, 5.41) is 12.1. The van der Waals surface area contributed by atoms with Crippen molar-refractivity contribution in [2.24, 2.45) is 11.7 Å². The Labute approximate surface area is 206 Å². The number of anilines is 1. The number of benzene rings is 1. The van der Waals surface area contributed by atoms with E-state index >= 15 is 0 Å². The van der Waals surface area contributed by atoms with E-state index in [0.717, 1.165) is 54.4 Å². The number of nitrogens with zero attached hydrogens (tertiary/aromatic N) is 3. The normalized spacial score (nSPS) is 18.9. The first-order valence-electron chi connectivity index (χ1n) is 12.6. The first-order chi connectivity index (χ1) is 16.8. The molecule has 1 saturated carbocycles. The maximum atomic E-state index is 13.6. The fraction of sp³-hybridized carbons (Fsp3) is 0.481. The first-order valence-corrected chi connectivity index (χ1v) is 12.6. The van der Waals surface area contributed by atoms with Gasteiger partial charge in [-0.25, -0.2) is 9.67 Å². The van der Waals surface area contributed by atoms with E-state index in [0.29, 0.717) is 12.1 Å². The lowest BCUT2D eigenvalue weighted by Gasteiger charge is -2.29. The molecule has 1 fully saturated rings. The molecule has 8 heteroatoms. The van der Waals surface area contributed by atoms with Crippen molar-refractivity contribution in [1.29, 1.82) is 0 Å². The zero-order valence-corrected chi connectivity index (χ0v) is 21.1. The van der Waals surface area contributed by atoms with Gasteiger partial charge in [-0.15, -0.1) is 0 Å². The molecule has 1 aliphatic rings. The summed E-state index contributed by atoms with van der Waals surface area (Å²) in [6.07, 6.45) is 7.35. The highest BCUT2D eigenvalue weighted by Crippen LogP contribution is 2.32. The van der Waals surface area contributed by atoms with E-state index in [1.807, 2.05) is 11.6 Å². The molecular weight excluding hydrogens is 440 g/mol. The Balaban J connectivity index is 1.64. The second-order valence-corrected chi connectivity index (χ2v) is 9.63. The van der Waals surface area contributed by atoms with E-state index in [4.69, 9.17) is 5.73 Å². The number of pyridine rings is 1. The quantitative estimate of drug-likeness (QED) is 0.446. The molecule has 0 radical (unpaired) electrons. The Kier molecular flexibility index (Phi) is 7.38. The smallest absolute Gasteiger partial charge is 0.255 e. The maximum Gasteiger partial charge on any atom is 0.255 e. The number of fused-ring (bicyclic) bond motifs is 1. The summed E-state index contributed by atoms with van der Waals surface area (Å²) in [5.41, 5.74) is 11.0. The minimum absolute atomic E-state index is 0.0702. The molecule has 1 aromatic carbocycles. The number of rotatable bonds is 8. The summed E-state index contributed by atoms with van der Waals surface area (Å²) < 4.78 is 1.83. The van der Waals surface area contributed by atoms with Crippen LogP contribution >= 0.6 is 0 Å². The predicted octanol–water partition coefficient (Wildman–Crippen LogP) is 4.41. The molecule has 0 unspecified atom stereocenters. The van der Waals surface area contributed by atoms with Crippen molar-refractivity contribution < 1.29 is 9.59 Å². The Hall–Kier alpha value is -3.42. The van der Waals surface area contributed by atoms with Crippen LogP contribution in [0.5, 0.6) is 0 Å². The molecule has 4 N–H and O–H groups in total. The minimum atomic E-state index is -0.226. The number of amides is 2. The second-order valence-electron chi connectivity index (χ2n) is 9.63. The van der Waals surface area contributed by atoms with Crippen LogP contribution in [0.15, 0.2) is 30.6 Å². The standard InChI is InChI=1S/C27H36N6O2/c1-5-23(20-12-7-16(3)13-17(20)4)32-27(35)22-14-29-26-21(15-30-33(26)6-2)24(22)31-19-10-8-18(9-11-19)25(28)34/h7,12-15,18-19,23H,5-6,8-11H2,1-4H3,(H2,28,34)(H,29,31)(H,32,35)/t18-,19+,23-/m1/s1. The van der Waals surface area contributed by atoms with Crippen molar-refractivity contribution >= 4 is 28.5 Å². The number of nitrogens with two attached hydrogens (primary N) is 1. The molecule has 1 aliphatic carbocycles. The summed E-state index contributed by atoms with van der Waals surface area (Å²) in [4.78, 5) is 29.8. The van der Waals surface area contributed by atoms with Gasteiger partial charge in [-0.1, -0.05) is 30.7 Å². The fourth-order valence-corrected chi connectivity index (χ4v) is 5.16. The molecule has 0 spiro atoms. The average Bonchev–Trinajstić information content (AvgIpc) is 3.27. The van der Waals surface area contributed by atoms with Crippen LogP contribution in [0.1, 0.15) is 79.0 Å². The Morgan fingerprint density at radius 3 is 2.51 bits per heavy atom. The van der Waals surface area contributed by atoms with E-state index in [-0.39, 0.29) is 29.8 Å². The molecule has 0 bridgehead atoms. The highest BCUT2D eigenvalue weighted by molar-refractivity contribution is 6.06. The lowest BCUT2D eigenvalue weighted by molar-refractivity contribution is -0.122. The SMILES string of the molecule is CC[C@@H](NC(=O)c1cnc2c(cnn2CC)c1N[C@H]1CC[C@@H](C(N)=O)CC1)c1ccc(C)cc1C. The van der Waals surface area contributed by atoms with E-state index < -0.39 is 0 Å². The van der Waals surface area contributed by atoms with Crippen molar-refractivity contribution in [1.82, 2.24) is 20.1 Å². The monoisotopic (exact) mass is 476 g/mol. The van der Waals surface area contributed by atoms with Gasteiger partial charge in [-0.3, -0.25) is 9.59 Å². The van der Waals surface area contributed by atoms with Crippen molar-refractivity contribution in [3.8, 4) is 0 Å². The molecule has 3 aromatic rings. The number of aryl methyl sites for hydroxylation is 3. The van der Waals surface area contributed by atoms with Crippen LogP contribution < -0.4 is 16.4 Å². The van der Waals surface area contributed by atoms with E-state index in [9.17, 15) is 9.59 Å². The summed E-state index contributed by atoms with van der Waals surface area (Å²) in [6.45, 7) is 8.94. The van der Waals surface area contributed by atoms with Crippen LogP contribution in [-0.4, -0.2) is 32.6 Å². The zero-order chi connectivity index (χ0) is 25.1. The van der Waals surface area contributed by atoms with Crippen molar-refractivity contribution in [2.75, 3.05) is 5.32 Å². The van der Waals surface area contributed by atoms with Crippen LogP contribution in [0.2, 0.25) is 0 Å². The third-order valence-corrected chi connectivity index (χ3v) is 7.20. The number of carbonyl (C=O) groups is 2. The molecule has 2 amide bonds. The van der Waals surface area contributed by atoms with E-state index in [2.05, 4.69) is 59.7 Å². The summed E-state index contributed by atoms with van der Waals surface area (Å²) in [7, 11) is 0.